The number of nitrogens with zero attached hydrogens (tertiary/aromatic N) is 3. The Labute approximate surface area is 191 Å². The molecule has 0 aliphatic carbocycles. The molecule has 1 aliphatic rings. The molecule has 0 unspecified atom stereocenters. The predicted octanol–water partition coefficient (Wildman–Crippen LogP) is 5.72. The number of hydrogen-bond donors (Lipinski definition) is 1. The second kappa shape index (κ2) is 8.94. The van der Waals surface area contributed by atoms with Gasteiger partial charge in [-0.1, -0.05) is 30.3 Å². The number of anilines is 1. The van der Waals surface area contributed by atoms with Crippen molar-refractivity contribution in [3.8, 4) is 17.0 Å². The van der Waals surface area contributed by atoms with Crippen molar-refractivity contribution >= 4 is 22.6 Å². The first-order valence-electron chi connectivity index (χ1n) is 11.1. The van der Waals surface area contributed by atoms with Gasteiger partial charge in [-0.3, -0.25) is 4.68 Å². The summed E-state index contributed by atoms with van der Waals surface area (Å²) in [6.45, 7) is 1.13. The summed E-state index contributed by atoms with van der Waals surface area (Å²) in [6.07, 6.45) is 1.76. The molecule has 0 spiro atoms. The van der Waals surface area contributed by atoms with E-state index in [0.29, 0.717) is 13.1 Å². The van der Waals surface area contributed by atoms with Crippen molar-refractivity contribution in [1.82, 2.24) is 14.7 Å². The van der Waals surface area contributed by atoms with Crippen LogP contribution >= 0.6 is 0 Å². The molecule has 7 heteroatoms. The van der Waals surface area contributed by atoms with Gasteiger partial charge in [0.25, 0.3) is 0 Å². The standard InChI is InChI=1S/C26H25FN4O2/c1-33-20-14-12-18(13-15-20)25-21-8-2-5-11-24(21)31(29-25)19-7-6-16-30(17-19)26(32)28-23-10-4-3-9-22(23)27/h2-5,8-15,19H,6-7,16-17H2,1H3,(H,28,32)/t19-/m1/s1. The van der Waals surface area contributed by atoms with Gasteiger partial charge >= 0.3 is 6.03 Å². The van der Waals surface area contributed by atoms with E-state index in [4.69, 9.17) is 9.84 Å². The number of likely N-dealkylation sites (tertiary alicyclic amines) is 1. The number of amides is 2. The van der Waals surface area contributed by atoms with Gasteiger partial charge < -0.3 is 15.0 Å². The topological polar surface area (TPSA) is 59.4 Å². The number of aromatic nitrogens is 2. The number of methoxy groups -OCH3 is 1. The van der Waals surface area contributed by atoms with Gasteiger partial charge in [0, 0.05) is 24.0 Å². The Bertz CT molecular complexity index is 1290. The van der Waals surface area contributed by atoms with E-state index in [1.807, 2.05) is 41.1 Å². The van der Waals surface area contributed by atoms with Gasteiger partial charge in [-0.25, -0.2) is 9.18 Å². The molecule has 1 fully saturated rings. The first-order chi connectivity index (χ1) is 16.1. The summed E-state index contributed by atoms with van der Waals surface area (Å²) >= 11 is 0. The Morgan fingerprint density at radius 2 is 1.82 bits per heavy atom. The summed E-state index contributed by atoms with van der Waals surface area (Å²) in [5.74, 6) is 0.355. The van der Waals surface area contributed by atoms with Crippen LogP contribution < -0.4 is 10.1 Å². The van der Waals surface area contributed by atoms with Crippen LogP contribution in [0.4, 0.5) is 14.9 Å². The summed E-state index contributed by atoms with van der Waals surface area (Å²) in [4.78, 5) is 14.6. The summed E-state index contributed by atoms with van der Waals surface area (Å²) in [7, 11) is 1.65. The van der Waals surface area contributed by atoms with Crippen LogP contribution in [0.2, 0.25) is 0 Å². The number of urea groups is 1. The number of hydrogen-bond acceptors (Lipinski definition) is 3. The highest BCUT2D eigenvalue weighted by Crippen LogP contribution is 2.33. The summed E-state index contributed by atoms with van der Waals surface area (Å²) in [6, 6.07) is 22.0. The Morgan fingerprint density at radius 1 is 1.06 bits per heavy atom. The largest absolute Gasteiger partial charge is 0.497 e. The fourth-order valence-electron chi connectivity index (χ4n) is 4.43. The molecule has 33 heavy (non-hydrogen) atoms. The van der Waals surface area contributed by atoms with Crippen LogP contribution in [-0.2, 0) is 0 Å². The lowest BCUT2D eigenvalue weighted by atomic mass is 10.1. The third-order valence-corrected chi connectivity index (χ3v) is 6.12. The van der Waals surface area contributed by atoms with E-state index in [1.54, 1.807) is 30.2 Å². The molecule has 0 bridgehead atoms. The summed E-state index contributed by atoms with van der Waals surface area (Å²) in [5.41, 5.74) is 3.14. The molecule has 1 aromatic heterocycles. The Hall–Kier alpha value is -3.87. The van der Waals surface area contributed by atoms with Crippen LogP contribution in [0.25, 0.3) is 22.2 Å². The lowest BCUT2D eigenvalue weighted by Gasteiger charge is -2.33. The minimum Gasteiger partial charge on any atom is -0.497 e. The van der Waals surface area contributed by atoms with E-state index >= 15 is 0 Å². The number of rotatable bonds is 4. The zero-order chi connectivity index (χ0) is 22.8. The van der Waals surface area contributed by atoms with Crippen LogP contribution in [0.3, 0.4) is 0 Å². The maximum absolute atomic E-state index is 14.0. The Kier molecular flexibility index (Phi) is 5.69. The normalized spacial score (nSPS) is 16.1. The highest BCUT2D eigenvalue weighted by Gasteiger charge is 2.27. The van der Waals surface area contributed by atoms with Crippen LogP contribution in [0.5, 0.6) is 5.75 Å². The van der Waals surface area contributed by atoms with Gasteiger partial charge in [-0.05, 0) is 55.3 Å². The molecule has 1 N–H and O–H groups in total. The summed E-state index contributed by atoms with van der Waals surface area (Å²) < 4.78 is 21.3. The molecule has 4 aromatic rings. The SMILES string of the molecule is COc1ccc(-c2nn([C@@H]3CCCN(C(=O)Nc4ccccc4F)C3)c3ccccc23)cc1. The molecular formula is C26H25FN4O2. The maximum Gasteiger partial charge on any atom is 0.321 e. The fraction of sp³-hybridized carbons (Fsp3) is 0.231. The lowest BCUT2D eigenvalue weighted by molar-refractivity contribution is 0.176. The third kappa shape index (κ3) is 4.14. The third-order valence-electron chi connectivity index (χ3n) is 6.12. The minimum atomic E-state index is -0.443. The molecular weight excluding hydrogens is 419 g/mol. The van der Waals surface area contributed by atoms with Crippen molar-refractivity contribution in [3.05, 3.63) is 78.6 Å². The zero-order valence-corrected chi connectivity index (χ0v) is 18.4. The monoisotopic (exact) mass is 444 g/mol. The number of halogens is 1. The van der Waals surface area contributed by atoms with E-state index in [2.05, 4.69) is 17.4 Å². The predicted molar refractivity (Wildman–Crippen MR) is 127 cm³/mol. The molecule has 2 heterocycles. The van der Waals surface area contributed by atoms with Crippen molar-refractivity contribution in [2.24, 2.45) is 0 Å². The average Bonchev–Trinajstić information content (AvgIpc) is 3.25. The highest BCUT2D eigenvalue weighted by molar-refractivity contribution is 5.93. The number of carbonyl (C=O) groups is 1. The van der Waals surface area contributed by atoms with Gasteiger partial charge in [0.15, 0.2) is 0 Å². The molecule has 0 saturated carbocycles. The molecule has 168 valence electrons. The van der Waals surface area contributed by atoms with Crippen molar-refractivity contribution in [2.75, 3.05) is 25.5 Å². The number of piperidine rings is 1. The van der Waals surface area contributed by atoms with Crippen LogP contribution in [0.15, 0.2) is 72.8 Å². The Balaban J connectivity index is 1.43. The van der Waals surface area contributed by atoms with Gasteiger partial charge in [0.1, 0.15) is 17.3 Å². The van der Waals surface area contributed by atoms with E-state index in [0.717, 1.165) is 40.8 Å². The van der Waals surface area contributed by atoms with Crippen molar-refractivity contribution in [1.29, 1.82) is 0 Å². The Morgan fingerprint density at radius 3 is 2.61 bits per heavy atom. The van der Waals surface area contributed by atoms with E-state index in [-0.39, 0.29) is 17.8 Å². The number of carbonyl (C=O) groups excluding carboxylic acids is 1. The minimum absolute atomic E-state index is 0.0296. The molecule has 2 amide bonds. The second-order valence-electron chi connectivity index (χ2n) is 8.19. The first-order valence-corrected chi connectivity index (χ1v) is 11.1. The van der Waals surface area contributed by atoms with Gasteiger partial charge in [-0.2, -0.15) is 5.10 Å². The molecule has 0 radical (unpaired) electrons. The highest BCUT2D eigenvalue weighted by atomic mass is 19.1. The molecule has 3 aromatic carbocycles. The zero-order valence-electron chi connectivity index (χ0n) is 18.4. The van der Waals surface area contributed by atoms with E-state index in [1.165, 1.54) is 6.07 Å². The maximum atomic E-state index is 14.0. The summed E-state index contributed by atoms with van der Waals surface area (Å²) in [5, 5.41) is 8.75. The molecule has 1 aliphatic heterocycles. The smallest absolute Gasteiger partial charge is 0.321 e. The quantitative estimate of drug-likeness (QED) is 0.438. The van der Waals surface area contributed by atoms with Crippen molar-refractivity contribution in [2.45, 2.75) is 18.9 Å². The van der Waals surface area contributed by atoms with Crippen molar-refractivity contribution in [3.63, 3.8) is 0 Å². The number of nitrogens with one attached hydrogen (secondary N) is 1. The van der Waals surface area contributed by atoms with Gasteiger partial charge in [0.05, 0.1) is 24.4 Å². The van der Waals surface area contributed by atoms with E-state index in [9.17, 15) is 9.18 Å². The second-order valence-corrected chi connectivity index (χ2v) is 8.19. The molecule has 5 rings (SSSR count). The first kappa shape index (κ1) is 21.0. The average molecular weight is 445 g/mol. The van der Waals surface area contributed by atoms with Crippen LogP contribution in [0, 0.1) is 5.82 Å². The molecule has 1 saturated heterocycles. The molecule has 6 nitrogen and oxygen atoms in total. The number of para-hydroxylation sites is 2. The van der Waals surface area contributed by atoms with E-state index < -0.39 is 5.82 Å². The fourth-order valence-corrected chi connectivity index (χ4v) is 4.43. The number of fused-ring (bicyclic) bond motifs is 1. The van der Waals surface area contributed by atoms with Crippen molar-refractivity contribution < 1.29 is 13.9 Å². The number of ether oxygens (including phenoxy) is 1. The van der Waals surface area contributed by atoms with Crippen LogP contribution in [0.1, 0.15) is 18.9 Å². The number of benzene rings is 3. The van der Waals surface area contributed by atoms with Crippen LogP contribution in [-0.4, -0.2) is 40.9 Å². The lowest BCUT2D eigenvalue weighted by Crippen LogP contribution is -2.43. The van der Waals surface area contributed by atoms with Gasteiger partial charge in [0.2, 0.25) is 0 Å². The van der Waals surface area contributed by atoms with Gasteiger partial charge in [-0.15, -0.1) is 0 Å². The molecule has 1 atom stereocenters.